The largest absolute Gasteiger partial charge is 0.395 e. The Morgan fingerprint density at radius 2 is 1.64 bits per heavy atom. The van der Waals surface area contributed by atoms with Crippen LogP contribution in [0.5, 0.6) is 0 Å². The molecule has 1 aromatic carbocycles. The standard InChI is InChI=1S/C15H21Cl2N3O2/c16-12-2-1-3-13(17)15(12)18-14(22)4-5-19-6-8-20(9-7-19)10-11-21/h1-3,21H,4-11H2,(H,18,22). The summed E-state index contributed by atoms with van der Waals surface area (Å²) >= 11 is 12.1. The molecule has 1 amide bonds. The van der Waals surface area contributed by atoms with Gasteiger partial charge >= 0.3 is 0 Å². The Morgan fingerprint density at radius 3 is 2.18 bits per heavy atom. The fraction of sp³-hybridized carbons (Fsp3) is 0.533. The van der Waals surface area contributed by atoms with Crippen LogP contribution < -0.4 is 5.32 Å². The molecule has 0 unspecified atom stereocenters. The van der Waals surface area contributed by atoms with E-state index in [0.29, 0.717) is 28.7 Å². The molecule has 0 aromatic heterocycles. The molecule has 0 radical (unpaired) electrons. The summed E-state index contributed by atoms with van der Waals surface area (Å²) in [6.45, 7) is 5.32. The van der Waals surface area contributed by atoms with Crippen molar-refractivity contribution in [1.82, 2.24) is 9.80 Å². The first-order valence-corrected chi connectivity index (χ1v) is 8.15. The summed E-state index contributed by atoms with van der Waals surface area (Å²) in [6.07, 6.45) is 0.404. The van der Waals surface area contributed by atoms with Crippen LogP contribution in [0.25, 0.3) is 0 Å². The number of aliphatic hydroxyl groups is 1. The minimum Gasteiger partial charge on any atom is -0.395 e. The quantitative estimate of drug-likeness (QED) is 0.827. The van der Waals surface area contributed by atoms with E-state index in [0.717, 1.165) is 32.7 Å². The predicted molar refractivity (Wildman–Crippen MR) is 89.7 cm³/mol. The molecule has 22 heavy (non-hydrogen) atoms. The van der Waals surface area contributed by atoms with E-state index in [2.05, 4.69) is 15.1 Å². The van der Waals surface area contributed by atoms with E-state index in [1.807, 2.05) is 0 Å². The van der Waals surface area contributed by atoms with Crippen molar-refractivity contribution in [1.29, 1.82) is 0 Å². The second-order valence-corrected chi connectivity index (χ2v) is 6.12. The van der Waals surface area contributed by atoms with Crippen molar-refractivity contribution in [3.05, 3.63) is 28.2 Å². The smallest absolute Gasteiger partial charge is 0.225 e. The third-order valence-electron chi connectivity index (χ3n) is 3.76. The van der Waals surface area contributed by atoms with E-state index < -0.39 is 0 Å². The van der Waals surface area contributed by atoms with Gasteiger partial charge in [0.25, 0.3) is 0 Å². The first-order chi connectivity index (χ1) is 10.6. The van der Waals surface area contributed by atoms with Gasteiger partial charge in [0.05, 0.1) is 22.3 Å². The Balaban J connectivity index is 1.75. The zero-order valence-electron chi connectivity index (χ0n) is 12.4. The highest BCUT2D eigenvalue weighted by atomic mass is 35.5. The van der Waals surface area contributed by atoms with Crippen molar-refractivity contribution in [3.8, 4) is 0 Å². The molecule has 1 fully saturated rings. The summed E-state index contributed by atoms with van der Waals surface area (Å²) in [6, 6.07) is 5.14. The van der Waals surface area contributed by atoms with Crippen LogP contribution in [0.15, 0.2) is 18.2 Å². The fourth-order valence-electron chi connectivity index (χ4n) is 2.46. The van der Waals surface area contributed by atoms with Crippen LogP contribution >= 0.6 is 23.2 Å². The van der Waals surface area contributed by atoms with Gasteiger partial charge in [-0.25, -0.2) is 0 Å². The maximum atomic E-state index is 12.0. The molecular weight excluding hydrogens is 325 g/mol. The fourth-order valence-corrected chi connectivity index (χ4v) is 2.95. The summed E-state index contributed by atoms with van der Waals surface area (Å²) in [7, 11) is 0. The number of piperazine rings is 1. The Hall–Kier alpha value is -0.850. The molecule has 1 aromatic rings. The average molecular weight is 346 g/mol. The van der Waals surface area contributed by atoms with Gasteiger partial charge in [0.1, 0.15) is 0 Å². The molecular formula is C15H21Cl2N3O2. The molecule has 0 aliphatic carbocycles. The lowest BCUT2D eigenvalue weighted by Gasteiger charge is -2.34. The highest BCUT2D eigenvalue weighted by Crippen LogP contribution is 2.29. The van der Waals surface area contributed by atoms with Gasteiger partial charge in [-0.3, -0.25) is 9.69 Å². The number of aliphatic hydroxyl groups excluding tert-OH is 1. The van der Waals surface area contributed by atoms with Crippen molar-refractivity contribution in [3.63, 3.8) is 0 Å². The molecule has 122 valence electrons. The first-order valence-electron chi connectivity index (χ1n) is 7.39. The molecule has 0 saturated carbocycles. The van der Waals surface area contributed by atoms with Gasteiger partial charge in [0.2, 0.25) is 5.91 Å². The first kappa shape index (κ1) is 17.5. The van der Waals surface area contributed by atoms with Gasteiger partial charge in [-0.05, 0) is 12.1 Å². The van der Waals surface area contributed by atoms with Crippen LogP contribution in [0.3, 0.4) is 0 Å². The molecule has 2 N–H and O–H groups in total. The maximum Gasteiger partial charge on any atom is 0.225 e. The van der Waals surface area contributed by atoms with Crippen molar-refractivity contribution in [2.45, 2.75) is 6.42 Å². The highest BCUT2D eigenvalue weighted by Gasteiger charge is 2.17. The van der Waals surface area contributed by atoms with Gasteiger partial charge in [-0.1, -0.05) is 29.3 Å². The monoisotopic (exact) mass is 345 g/mol. The number of amides is 1. The lowest BCUT2D eigenvalue weighted by Crippen LogP contribution is -2.47. The number of carbonyl (C=O) groups excluding carboxylic acids is 1. The van der Waals surface area contributed by atoms with Gasteiger partial charge < -0.3 is 15.3 Å². The van der Waals surface area contributed by atoms with E-state index in [-0.39, 0.29) is 12.5 Å². The second kappa shape index (κ2) is 8.70. The van der Waals surface area contributed by atoms with E-state index in [1.165, 1.54) is 0 Å². The summed E-state index contributed by atoms with van der Waals surface area (Å²) in [4.78, 5) is 16.5. The lowest BCUT2D eigenvalue weighted by atomic mass is 10.2. The van der Waals surface area contributed by atoms with Gasteiger partial charge in [0.15, 0.2) is 0 Å². The summed E-state index contributed by atoms with van der Waals surface area (Å²) < 4.78 is 0. The number of β-amino-alcohol motifs (C(OH)–C–C–N with tert-alkyl or cyclic N) is 1. The van der Waals surface area contributed by atoms with Crippen LogP contribution in [-0.4, -0.2) is 66.7 Å². The van der Waals surface area contributed by atoms with E-state index >= 15 is 0 Å². The van der Waals surface area contributed by atoms with Gasteiger partial charge in [-0.2, -0.15) is 0 Å². The molecule has 0 spiro atoms. The van der Waals surface area contributed by atoms with Gasteiger partial charge in [-0.15, -0.1) is 0 Å². The van der Waals surface area contributed by atoms with Crippen LogP contribution in [0.2, 0.25) is 10.0 Å². The minimum absolute atomic E-state index is 0.0900. The van der Waals surface area contributed by atoms with Crippen molar-refractivity contribution in [2.75, 3.05) is 51.2 Å². The number of hydrogen-bond acceptors (Lipinski definition) is 4. The van der Waals surface area contributed by atoms with Crippen LogP contribution in [0.4, 0.5) is 5.69 Å². The number of nitrogens with zero attached hydrogens (tertiary/aromatic N) is 2. The van der Waals surface area contributed by atoms with E-state index in [9.17, 15) is 4.79 Å². The van der Waals surface area contributed by atoms with Crippen molar-refractivity contribution < 1.29 is 9.90 Å². The molecule has 2 rings (SSSR count). The number of benzene rings is 1. The Kier molecular flexibility index (Phi) is 6.92. The second-order valence-electron chi connectivity index (χ2n) is 5.30. The highest BCUT2D eigenvalue weighted by molar-refractivity contribution is 6.39. The molecule has 1 aliphatic rings. The normalized spacial score (nSPS) is 16.7. The summed E-state index contributed by atoms with van der Waals surface area (Å²) in [5, 5.41) is 12.6. The van der Waals surface area contributed by atoms with Crippen molar-refractivity contribution in [2.24, 2.45) is 0 Å². The lowest BCUT2D eigenvalue weighted by molar-refractivity contribution is -0.116. The number of nitrogens with one attached hydrogen (secondary N) is 1. The average Bonchev–Trinajstić information content (AvgIpc) is 2.51. The van der Waals surface area contributed by atoms with E-state index in [4.69, 9.17) is 28.3 Å². The Labute approximate surface area is 140 Å². The zero-order chi connectivity index (χ0) is 15.9. The molecule has 1 aliphatic heterocycles. The SMILES string of the molecule is O=C(CCN1CCN(CCO)CC1)Nc1c(Cl)cccc1Cl. The van der Waals surface area contributed by atoms with Crippen molar-refractivity contribution >= 4 is 34.8 Å². The number of para-hydroxylation sites is 1. The maximum absolute atomic E-state index is 12.0. The molecule has 7 heteroatoms. The minimum atomic E-state index is -0.0900. The van der Waals surface area contributed by atoms with Crippen LogP contribution in [0.1, 0.15) is 6.42 Å². The molecule has 1 saturated heterocycles. The summed E-state index contributed by atoms with van der Waals surface area (Å²) in [5.74, 6) is -0.0900. The van der Waals surface area contributed by atoms with Crippen LogP contribution in [-0.2, 0) is 4.79 Å². The number of hydrogen-bond donors (Lipinski definition) is 2. The molecule has 5 nitrogen and oxygen atoms in total. The third-order valence-corrected chi connectivity index (χ3v) is 4.39. The van der Waals surface area contributed by atoms with E-state index in [1.54, 1.807) is 18.2 Å². The van der Waals surface area contributed by atoms with Gasteiger partial charge in [0, 0.05) is 45.7 Å². The molecule has 0 bridgehead atoms. The number of anilines is 1. The zero-order valence-corrected chi connectivity index (χ0v) is 13.9. The summed E-state index contributed by atoms with van der Waals surface area (Å²) in [5.41, 5.74) is 0.476. The predicted octanol–water partition coefficient (Wildman–Crippen LogP) is 1.93. The molecule has 0 atom stereocenters. The number of rotatable bonds is 6. The van der Waals surface area contributed by atoms with Crippen LogP contribution in [0, 0.1) is 0 Å². The Morgan fingerprint density at radius 1 is 1.09 bits per heavy atom. The topological polar surface area (TPSA) is 55.8 Å². The number of halogens is 2. The number of carbonyl (C=O) groups is 1. The Bertz CT molecular complexity index is 485. The molecule has 1 heterocycles. The third kappa shape index (κ3) is 5.11.